The van der Waals surface area contributed by atoms with Gasteiger partial charge >= 0.3 is 0 Å². The highest BCUT2D eigenvalue weighted by atomic mass is 79.9. The van der Waals surface area contributed by atoms with Crippen molar-refractivity contribution in [2.75, 3.05) is 10.6 Å². The zero-order valence-corrected chi connectivity index (χ0v) is 8.04. The molecule has 1 heterocycles. The van der Waals surface area contributed by atoms with Crippen LogP contribution in [0, 0.1) is 0 Å². The Balaban J connectivity index is 2.47. The van der Waals surface area contributed by atoms with Gasteiger partial charge in [-0.05, 0) is 12.1 Å². The Kier molecular flexibility index (Phi) is 3.73. The first-order valence-corrected chi connectivity index (χ1v) is 4.71. The predicted octanol–water partition coefficient (Wildman–Crippen LogP) is 1.81. The minimum absolute atomic E-state index is 0.000116. The lowest BCUT2D eigenvalue weighted by Crippen LogP contribution is -2.11. The van der Waals surface area contributed by atoms with Crippen molar-refractivity contribution in [1.82, 2.24) is 4.98 Å². The highest BCUT2D eigenvalue weighted by Gasteiger charge is 1.99. The monoisotopic (exact) mass is 228 g/mol. The van der Waals surface area contributed by atoms with E-state index in [1.165, 1.54) is 0 Å². The second-order valence-electron chi connectivity index (χ2n) is 2.23. The second kappa shape index (κ2) is 4.87. The van der Waals surface area contributed by atoms with Crippen molar-refractivity contribution in [3.8, 4) is 0 Å². The van der Waals surface area contributed by atoms with Crippen LogP contribution in [0.1, 0.15) is 6.42 Å². The fourth-order valence-electron chi connectivity index (χ4n) is 0.746. The largest absolute Gasteiger partial charge is 0.325 e. The Labute approximate surface area is 79.3 Å². The molecule has 1 aromatic rings. The van der Waals surface area contributed by atoms with Crippen LogP contribution in [0.25, 0.3) is 0 Å². The smallest absolute Gasteiger partial charge is 0.225 e. The van der Waals surface area contributed by atoms with E-state index in [-0.39, 0.29) is 5.91 Å². The van der Waals surface area contributed by atoms with Gasteiger partial charge in [0.2, 0.25) is 5.91 Å². The fourth-order valence-corrected chi connectivity index (χ4v) is 1.11. The van der Waals surface area contributed by atoms with Gasteiger partial charge in [-0.3, -0.25) is 9.78 Å². The van der Waals surface area contributed by atoms with Crippen molar-refractivity contribution in [2.24, 2.45) is 0 Å². The van der Waals surface area contributed by atoms with Crippen LogP contribution >= 0.6 is 15.9 Å². The topological polar surface area (TPSA) is 42.0 Å². The Morgan fingerprint density at radius 2 is 2.50 bits per heavy atom. The number of pyridine rings is 1. The maximum absolute atomic E-state index is 11.0. The maximum Gasteiger partial charge on any atom is 0.225 e. The van der Waals surface area contributed by atoms with Crippen LogP contribution in [0.15, 0.2) is 24.5 Å². The number of amides is 1. The van der Waals surface area contributed by atoms with Crippen LogP contribution in [0.5, 0.6) is 0 Å². The van der Waals surface area contributed by atoms with Crippen LogP contribution in [0.3, 0.4) is 0 Å². The Bertz CT molecular complexity index is 250. The van der Waals surface area contributed by atoms with Crippen molar-refractivity contribution in [3.05, 3.63) is 24.5 Å². The van der Waals surface area contributed by atoms with E-state index in [0.29, 0.717) is 11.8 Å². The summed E-state index contributed by atoms with van der Waals surface area (Å²) in [6, 6.07) is 3.59. The fraction of sp³-hybridized carbons (Fsp3) is 0.250. The second-order valence-corrected chi connectivity index (χ2v) is 3.02. The van der Waals surface area contributed by atoms with Crippen molar-refractivity contribution in [1.29, 1.82) is 0 Å². The first-order valence-electron chi connectivity index (χ1n) is 3.59. The summed E-state index contributed by atoms with van der Waals surface area (Å²) in [4.78, 5) is 14.9. The van der Waals surface area contributed by atoms with Crippen LogP contribution < -0.4 is 5.32 Å². The lowest BCUT2D eigenvalue weighted by atomic mass is 10.4. The summed E-state index contributed by atoms with van der Waals surface area (Å²) in [5.41, 5.74) is 0.739. The van der Waals surface area contributed by atoms with E-state index in [4.69, 9.17) is 0 Å². The number of nitrogens with one attached hydrogen (secondary N) is 1. The zero-order chi connectivity index (χ0) is 8.81. The molecular formula is C8H9BrN2O. The summed E-state index contributed by atoms with van der Waals surface area (Å²) in [6.07, 6.45) is 3.77. The highest BCUT2D eigenvalue weighted by molar-refractivity contribution is 9.09. The molecule has 0 saturated heterocycles. The third kappa shape index (κ3) is 3.00. The maximum atomic E-state index is 11.0. The van der Waals surface area contributed by atoms with Crippen molar-refractivity contribution in [3.63, 3.8) is 0 Å². The molecule has 0 aromatic carbocycles. The van der Waals surface area contributed by atoms with E-state index in [1.807, 2.05) is 0 Å². The van der Waals surface area contributed by atoms with Crippen molar-refractivity contribution in [2.45, 2.75) is 6.42 Å². The van der Waals surface area contributed by atoms with Gasteiger partial charge in [0.1, 0.15) is 0 Å². The SMILES string of the molecule is O=C(CCBr)Nc1cccnc1. The highest BCUT2D eigenvalue weighted by Crippen LogP contribution is 2.03. The molecule has 0 atom stereocenters. The summed E-state index contributed by atoms with van der Waals surface area (Å²) in [7, 11) is 0. The van der Waals surface area contributed by atoms with Crippen LogP contribution in [-0.4, -0.2) is 16.2 Å². The quantitative estimate of drug-likeness (QED) is 0.803. The number of rotatable bonds is 3. The van der Waals surface area contributed by atoms with Crippen LogP contribution in [0.2, 0.25) is 0 Å². The van der Waals surface area contributed by atoms with E-state index in [1.54, 1.807) is 24.5 Å². The zero-order valence-electron chi connectivity index (χ0n) is 6.46. The molecule has 4 heteroatoms. The first-order chi connectivity index (χ1) is 5.83. The number of hydrogen-bond donors (Lipinski definition) is 1. The molecule has 1 amide bonds. The van der Waals surface area contributed by atoms with Crippen LogP contribution in [0.4, 0.5) is 5.69 Å². The van der Waals surface area contributed by atoms with Gasteiger partial charge in [-0.25, -0.2) is 0 Å². The Morgan fingerprint density at radius 1 is 1.67 bits per heavy atom. The lowest BCUT2D eigenvalue weighted by Gasteiger charge is -2.01. The Morgan fingerprint density at radius 3 is 3.08 bits per heavy atom. The number of alkyl halides is 1. The van der Waals surface area contributed by atoms with Gasteiger partial charge in [0.15, 0.2) is 0 Å². The summed E-state index contributed by atoms with van der Waals surface area (Å²) in [6.45, 7) is 0. The number of carbonyl (C=O) groups excluding carboxylic acids is 1. The average Bonchev–Trinajstić information content (AvgIpc) is 2.06. The van der Waals surface area contributed by atoms with Gasteiger partial charge < -0.3 is 5.32 Å². The first kappa shape index (κ1) is 9.19. The molecule has 12 heavy (non-hydrogen) atoms. The molecule has 0 aliphatic rings. The molecule has 1 rings (SSSR count). The summed E-state index contributed by atoms with van der Waals surface area (Å²) in [5.74, 6) is -0.000116. The third-order valence-electron chi connectivity index (χ3n) is 1.27. The number of hydrogen-bond acceptors (Lipinski definition) is 2. The van der Waals surface area contributed by atoms with Gasteiger partial charge in [-0.1, -0.05) is 15.9 Å². The van der Waals surface area contributed by atoms with Crippen molar-refractivity contribution >= 4 is 27.5 Å². The third-order valence-corrected chi connectivity index (χ3v) is 1.66. The van der Waals surface area contributed by atoms with Gasteiger partial charge in [-0.2, -0.15) is 0 Å². The van der Waals surface area contributed by atoms with Gasteiger partial charge in [0.25, 0.3) is 0 Å². The molecule has 0 radical (unpaired) electrons. The molecule has 0 fully saturated rings. The van der Waals surface area contributed by atoms with Gasteiger partial charge in [-0.15, -0.1) is 0 Å². The molecule has 64 valence electrons. The molecular weight excluding hydrogens is 220 g/mol. The number of aromatic nitrogens is 1. The predicted molar refractivity (Wildman–Crippen MR) is 51.3 cm³/mol. The number of carbonyl (C=O) groups is 1. The number of halogens is 1. The van der Waals surface area contributed by atoms with Crippen LogP contribution in [-0.2, 0) is 4.79 Å². The molecule has 0 saturated carbocycles. The molecule has 0 aliphatic carbocycles. The van der Waals surface area contributed by atoms with E-state index < -0.39 is 0 Å². The summed E-state index contributed by atoms with van der Waals surface area (Å²) in [5, 5.41) is 3.39. The molecule has 0 bridgehead atoms. The Hall–Kier alpha value is -0.900. The molecule has 0 aliphatic heterocycles. The standard InChI is InChI=1S/C8H9BrN2O/c9-4-3-8(12)11-7-2-1-5-10-6-7/h1-2,5-6H,3-4H2,(H,11,12). The molecule has 1 N–H and O–H groups in total. The van der Waals surface area contributed by atoms with Gasteiger partial charge in [0, 0.05) is 17.9 Å². The average molecular weight is 229 g/mol. The van der Waals surface area contributed by atoms with E-state index in [0.717, 1.165) is 5.69 Å². The normalized spacial score (nSPS) is 9.42. The molecule has 1 aromatic heterocycles. The number of nitrogens with zero attached hydrogens (tertiary/aromatic N) is 1. The van der Waals surface area contributed by atoms with Gasteiger partial charge in [0.05, 0.1) is 11.9 Å². The molecule has 0 spiro atoms. The minimum Gasteiger partial charge on any atom is -0.325 e. The van der Waals surface area contributed by atoms with E-state index in [9.17, 15) is 4.79 Å². The summed E-state index contributed by atoms with van der Waals surface area (Å²) < 4.78 is 0. The minimum atomic E-state index is -0.000116. The van der Waals surface area contributed by atoms with E-state index >= 15 is 0 Å². The molecule has 3 nitrogen and oxygen atoms in total. The number of anilines is 1. The molecule has 0 unspecified atom stereocenters. The lowest BCUT2D eigenvalue weighted by molar-refractivity contribution is -0.115. The van der Waals surface area contributed by atoms with Crippen molar-refractivity contribution < 1.29 is 4.79 Å². The summed E-state index contributed by atoms with van der Waals surface area (Å²) >= 11 is 3.19. The van der Waals surface area contributed by atoms with E-state index in [2.05, 4.69) is 26.2 Å².